The Bertz CT molecular complexity index is 319. The van der Waals surface area contributed by atoms with Crippen LogP contribution >= 0.6 is 39.7 Å². The van der Waals surface area contributed by atoms with Gasteiger partial charge in [-0.05, 0) is 53.8 Å². The molecule has 1 aromatic rings. The predicted octanol–water partition coefficient (Wildman–Crippen LogP) is 3.10. The van der Waals surface area contributed by atoms with Crippen LogP contribution < -0.4 is 5.73 Å². The van der Waals surface area contributed by atoms with Crippen LogP contribution in [0.25, 0.3) is 0 Å². The number of nitrogens with zero attached hydrogens (tertiary/aromatic N) is 1. The summed E-state index contributed by atoms with van der Waals surface area (Å²) < 4.78 is 1.20. The van der Waals surface area contributed by atoms with Gasteiger partial charge in [-0.1, -0.05) is 0 Å². The maximum Gasteiger partial charge on any atom is 0.0328 e. The van der Waals surface area contributed by atoms with Crippen molar-refractivity contribution in [1.82, 2.24) is 4.90 Å². The topological polar surface area (TPSA) is 29.3 Å². The second-order valence-electron chi connectivity index (χ2n) is 4.21. The quantitative estimate of drug-likeness (QED) is 0.925. The van der Waals surface area contributed by atoms with E-state index in [0.29, 0.717) is 5.92 Å². The van der Waals surface area contributed by atoms with E-state index in [-0.39, 0.29) is 12.4 Å². The van der Waals surface area contributed by atoms with E-state index >= 15 is 0 Å². The molecule has 0 amide bonds. The molecule has 1 saturated heterocycles. The van der Waals surface area contributed by atoms with Crippen molar-refractivity contribution in [2.24, 2.45) is 11.7 Å². The summed E-state index contributed by atoms with van der Waals surface area (Å²) in [5, 5.41) is 2.15. The molecule has 0 aromatic carbocycles. The van der Waals surface area contributed by atoms with Gasteiger partial charge in [-0.3, -0.25) is 4.90 Å². The summed E-state index contributed by atoms with van der Waals surface area (Å²) in [6.07, 6.45) is 2.61. The molecule has 1 aromatic heterocycles. The summed E-state index contributed by atoms with van der Waals surface area (Å²) in [7, 11) is 0. The van der Waals surface area contributed by atoms with Gasteiger partial charge in [0, 0.05) is 27.8 Å². The van der Waals surface area contributed by atoms with Gasteiger partial charge in [0.05, 0.1) is 0 Å². The minimum atomic E-state index is 0. The number of thiophene rings is 1. The smallest absolute Gasteiger partial charge is 0.0328 e. The van der Waals surface area contributed by atoms with Crippen LogP contribution in [0.5, 0.6) is 0 Å². The molecule has 1 aliphatic heterocycles. The first-order valence-electron chi connectivity index (χ1n) is 5.43. The van der Waals surface area contributed by atoms with Crippen LogP contribution in [0.1, 0.15) is 17.7 Å². The molecule has 2 nitrogen and oxygen atoms in total. The van der Waals surface area contributed by atoms with Crippen molar-refractivity contribution < 1.29 is 0 Å². The predicted molar refractivity (Wildman–Crippen MR) is 76.3 cm³/mol. The first kappa shape index (κ1) is 14.5. The molecular formula is C11H18BrClN2S. The molecule has 0 aliphatic carbocycles. The lowest BCUT2D eigenvalue weighted by Gasteiger charge is -2.31. The van der Waals surface area contributed by atoms with E-state index in [0.717, 1.165) is 13.1 Å². The molecule has 5 heteroatoms. The zero-order chi connectivity index (χ0) is 10.7. The van der Waals surface area contributed by atoms with Gasteiger partial charge in [-0.2, -0.15) is 0 Å². The number of hydrogen-bond acceptors (Lipinski definition) is 3. The van der Waals surface area contributed by atoms with Gasteiger partial charge < -0.3 is 5.73 Å². The van der Waals surface area contributed by atoms with Gasteiger partial charge >= 0.3 is 0 Å². The molecule has 2 rings (SSSR count). The Labute approximate surface area is 116 Å². The SMILES string of the molecule is Cl.NCC1CCCN(Cc2cc(Br)cs2)C1. The van der Waals surface area contributed by atoms with Gasteiger partial charge in [0.2, 0.25) is 0 Å². The van der Waals surface area contributed by atoms with E-state index < -0.39 is 0 Å². The first-order valence-corrected chi connectivity index (χ1v) is 7.10. The molecule has 1 aliphatic rings. The summed E-state index contributed by atoms with van der Waals surface area (Å²) in [5.41, 5.74) is 5.73. The molecule has 2 heterocycles. The van der Waals surface area contributed by atoms with Crippen LogP contribution in [0.15, 0.2) is 15.9 Å². The Kier molecular flexibility index (Phi) is 6.29. The highest BCUT2D eigenvalue weighted by molar-refractivity contribution is 9.10. The number of halogens is 2. The molecule has 0 radical (unpaired) electrons. The summed E-state index contributed by atoms with van der Waals surface area (Å²) in [6, 6.07) is 2.22. The highest BCUT2D eigenvalue weighted by Gasteiger charge is 2.18. The van der Waals surface area contributed by atoms with Crippen LogP contribution in [0.4, 0.5) is 0 Å². The molecule has 0 saturated carbocycles. The largest absolute Gasteiger partial charge is 0.330 e. The fourth-order valence-electron chi connectivity index (χ4n) is 2.14. The fourth-order valence-corrected chi connectivity index (χ4v) is 3.64. The molecule has 1 atom stereocenters. The normalized spacial score (nSPS) is 21.8. The van der Waals surface area contributed by atoms with Crippen LogP contribution in [0.2, 0.25) is 0 Å². The standard InChI is InChI=1S/C11H17BrN2S.ClH/c12-10-4-11(15-8-10)7-14-3-1-2-9(5-13)6-14;/h4,8-9H,1-3,5-7,13H2;1H. The summed E-state index contributed by atoms with van der Waals surface area (Å²) in [6.45, 7) is 4.33. The molecule has 0 bridgehead atoms. The van der Waals surface area contributed by atoms with Crippen molar-refractivity contribution in [3.05, 3.63) is 20.8 Å². The van der Waals surface area contributed by atoms with Gasteiger partial charge in [-0.25, -0.2) is 0 Å². The van der Waals surface area contributed by atoms with Gasteiger partial charge in [0.15, 0.2) is 0 Å². The zero-order valence-electron chi connectivity index (χ0n) is 9.19. The average Bonchev–Trinajstić information content (AvgIpc) is 2.64. The minimum Gasteiger partial charge on any atom is -0.330 e. The molecule has 92 valence electrons. The summed E-state index contributed by atoms with van der Waals surface area (Å²) in [5.74, 6) is 0.710. The van der Waals surface area contributed by atoms with E-state index in [4.69, 9.17) is 5.73 Å². The lowest BCUT2D eigenvalue weighted by atomic mass is 9.98. The second-order valence-corrected chi connectivity index (χ2v) is 6.12. The Balaban J connectivity index is 0.00000128. The molecule has 0 spiro atoms. The maximum atomic E-state index is 5.73. The number of nitrogens with two attached hydrogens (primary N) is 1. The van der Waals surface area contributed by atoms with E-state index in [2.05, 4.69) is 32.3 Å². The van der Waals surface area contributed by atoms with Gasteiger partial charge in [0.1, 0.15) is 0 Å². The minimum absolute atomic E-state index is 0. The molecular weight excluding hydrogens is 308 g/mol. The third-order valence-corrected chi connectivity index (χ3v) is 4.62. The zero-order valence-corrected chi connectivity index (χ0v) is 12.4. The first-order chi connectivity index (χ1) is 7.28. The molecule has 16 heavy (non-hydrogen) atoms. The molecule has 2 N–H and O–H groups in total. The Morgan fingerprint density at radius 2 is 2.38 bits per heavy atom. The van der Waals surface area contributed by atoms with Crippen molar-refractivity contribution in [2.45, 2.75) is 19.4 Å². The third-order valence-electron chi connectivity index (χ3n) is 2.94. The van der Waals surface area contributed by atoms with Gasteiger partial charge in [0.25, 0.3) is 0 Å². The lowest BCUT2D eigenvalue weighted by molar-refractivity contribution is 0.172. The maximum absolute atomic E-state index is 5.73. The Morgan fingerprint density at radius 3 is 3.00 bits per heavy atom. The number of likely N-dealkylation sites (tertiary alicyclic amines) is 1. The van der Waals surface area contributed by atoms with E-state index in [1.54, 1.807) is 0 Å². The van der Waals surface area contributed by atoms with Gasteiger partial charge in [-0.15, -0.1) is 23.7 Å². The van der Waals surface area contributed by atoms with Crippen LogP contribution in [-0.4, -0.2) is 24.5 Å². The molecule has 1 unspecified atom stereocenters. The van der Waals surface area contributed by atoms with Crippen molar-refractivity contribution >= 4 is 39.7 Å². The van der Waals surface area contributed by atoms with E-state index in [1.807, 2.05) is 11.3 Å². The highest BCUT2D eigenvalue weighted by atomic mass is 79.9. The van der Waals surface area contributed by atoms with E-state index in [1.165, 1.54) is 35.3 Å². The van der Waals surface area contributed by atoms with Crippen molar-refractivity contribution in [2.75, 3.05) is 19.6 Å². The number of piperidine rings is 1. The fraction of sp³-hybridized carbons (Fsp3) is 0.636. The van der Waals surface area contributed by atoms with Crippen molar-refractivity contribution in [3.63, 3.8) is 0 Å². The van der Waals surface area contributed by atoms with Crippen molar-refractivity contribution in [1.29, 1.82) is 0 Å². The Morgan fingerprint density at radius 1 is 1.56 bits per heavy atom. The van der Waals surface area contributed by atoms with Crippen molar-refractivity contribution in [3.8, 4) is 0 Å². The summed E-state index contributed by atoms with van der Waals surface area (Å²) >= 11 is 5.33. The van der Waals surface area contributed by atoms with E-state index in [9.17, 15) is 0 Å². The Hall–Kier alpha value is 0.390. The van der Waals surface area contributed by atoms with Crippen LogP contribution in [0, 0.1) is 5.92 Å². The summed E-state index contributed by atoms with van der Waals surface area (Å²) in [4.78, 5) is 3.97. The average molecular weight is 326 g/mol. The third kappa shape index (κ3) is 4.00. The lowest BCUT2D eigenvalue weighted by Crippen LogP contribution is -2.37. The van der Waals surface area contributed by atoms with Crippen LogP contribution in [0.3, 0.4) is 0 Å². The monoisotopic (exact) mass is 324 g/mol. The number of rotatable bonds is 3. The van der Waals surface area contributed by atoms with Crippen LogP contribution in [-0.2, 0) is 6.54 Å². The number of hydrogen-bond donors (Lipinski definition) is 1. The second kappa shape index (κ2) is 6.97. The molecule has 1 fully saturated rings. The highest BCUT2D eigenvalue weighted by Crippen LogP contribution is 2.23.